The molecule has 2 aromatic heterocycles. The van der Waals surface area contributed by atoms with E-state index in [1.807, 2.05) is 26.4 Å². The number of aromatic nitrogens is 3. The van der Waals surface area contributed by atoms with Gasteiger partial charge in [0.25, 0.3) is 0 Å². The molecule has 6 heteroatoms. The van der Waals surface area contributed by atoms with Crippen molar-refractivity contribution in [2.45, 2.75) is 25.8 Å². The Balaban J connectivity index is 1.97. The zero-order valence-electron chi connectivity index (χ0n) is 10.1. The van der Waals surface area contributed by atoms with E-state index in [2.05, 4.69) is 20.9 Å². The minimum Gasteiger partial charge on any atom is -0.276 e. The average Bonchev–Trinajstić information content (AvgIpc) is 2.87. The van der Waals surface area contributed by atoms with Crippen LogP contribution in [-0.2, 0) is 19.9 Å². The number of nitrogens with two attached hydrogens (primary N) is 1. The van der Waals surface area contributed by atoms with Crippen LogP contribution in [0.1, 0.15) is 16.3 Å². The molecule has 92 valence electrons. The van der Waals surface area contributed by atoms with E-state index in [4.69, 9.17) is 5.84 Å². The number of rotatable bonds is 5. The van der Waals surface area contributed by atoms with Crippen molar-refractivity contribution in [1.29, 1.82) is 0 Å². The molecule has 2 rings (SSSR count). The van der Waals surface area contributed by atoms with Crippen molar-refractivity contribution >= 4 is 11.3 Å². The van der Waals surface area contributed by atoms with Crippen LogP contribution in [0.2, 0.25) is 0 Å². The predicted octanol–water partition coefficient (Wildman–Crippen LogP) is 0.802. The molecule has 0 aliphatic heterocycles. The monoisotopic (exact) mass is 251 g/mol. The lowest BCUT2D eigenvalue weighted by atomic mass is 10.1. The number of hydrazine groups is 1. The van der Waals surface area contributed by atoms with Gasteiger partial charge in [0.1, 0.15) is 0 Å². The van der Waals surface area contributed by atoms with Crippen LogP contribution in [0.3, 0.4) is 0 Å². The Kier molecular flexibility index (Phi) is 3.88. The molecule has 0 spiro atoms. The quantitative estimate of drug-likeness (QED) is 0.609. The van der Waals surface area contributed by atoms with Crippen molar-refractivity contribution < 1.29 is 0 Å². The Bertz CT molecular complexity index is 433. The van der Waals surface area contributed by atoms with E-state index in [9.17, 15) is 0 Å². The maximum absolute atomic E-state index is 5.58. The molecule has 17 heavy (non-hydrogen) atoms. The van der Waals surface area contributed by atoms with Gasteiger partial charge in [0, 0.05) is 36.8 Å². The number of hydrogen-bond acceptors (Lipinski definition) is 5. The molecular formula is C11H17N5S. The summed E-state index contributed by atoms with van der Waals surface area (Å²) in [7, 11) is 1.92. The number of thiazole rings is 1. The summed E-state index contributed by atoms with van der Waals surface area (Å²) in [5.41, 5.74) is 5.10. The number of hydrogen-bond donors (Lipinski definition) is 2. The number of aryl methyl sites for hydroxylation is 2. The van der Waals surface area contributed by atoms with Crippen LogP contribution < -0.4 is 11.3 Å². The molecule has 0 aliphatic carbocycles. The summed E-state index contributed by atoms with van der Waals surface area (Å²) in [6, 6.07) is 0.199. The highest BCUT2D eigenvalue weighted by Crippen LogP contribution is 2.13. The van der Waals surface area contributed by atoms with E-state index in [0.29, 0.717) is 0 Å². The first-order valence-electron chi connectivity index (χ1n) is 5.52. The van der Waals surface area contributed by atoms with Gasteiger partial charge < -0.3 is 0 Å². The molecule has 3 N–H and O–H groups in total. The molecule has 0 bridgehead atoms. The molecule has 5 nitrogen and oxygen atoms in total. The zero-order valence-corrected chi connectivity index (χ0v) is 10.9. The first-order valence-corrected chi connectivity index (χ1v) is 6.40. The van der Waals surface area contributed by atoms with Gasteiger partial charge in [-0.2, -0.15) is 5.10 Å². The van der Waals surface area contributed by atoms with Gasteiger partial charge >= 0.3 is 0 Å². The fraction of sp³-hybridized carbons (Fsp3) is 0.455. The van der Waals surface area contributed by atoms with Crippen molar-refractivity contribution in [3.63, 3.8) is 0 Å². The third kappa shape index (κ3) is 3.36. The second-order valence-electron chi connectivity index (χ2n) is 4.18. The van der Waals surface area contributed by atoms with Gasteiger partial charge in [0.15, 0.2) is 0 Å². The standard InChI is InChI=1S/C11H17N5S/c1-8-7-17-11(14-8)4-10(15-12)3-9-5-13-16(2)6-9/h5-7,10,15H,3-4,12H2,1-2H3. The lowest BCUT2D eigenvalue weighted by Crippen LogP contribution is -2.38. The Morgan fingerprint density at radius 2 is 2.35 bits per heavy atom. The summed E-state index contributed by atoms with van der Waals surface area (Å²) in [6.07, 6.45) is 5.60. The highest BCUT2D eigenvalue weighted by Gasteiger charge is 2.12. The van der Waals surface area contributed by atoms with E-state index in [1.165, 1.54) is 5.56 Å². The van der Waals surface area contributed by atoms with Crippen LogP contribution >= 0.6 is 11.3 Å². The Labute approximate surface area is 105 Å². The minimum atomic E-state index is 0.199. The predicted molar refractivity (Wildman–Crippen MR) is 68.6 cm³/mol. The molecule has 0 aliphatic rings. The molecule has 0 aromatic carbocycles. The second kappa shape index (κ2) is 5.39. The van der Waals surface area contributed by atoms with E-state index < -0.39 is 0 Å². The highest BCUT2D eigenvalue weighted by molar-refractivity contribution is 7.09. The van der Waals surface area contributed by atoms with Gasteiger partial charge in [-0.05, 0) is 18.9 Å². The summed E-state index contributed by atoms with van der Waals surface area (Å²) in [4.78, 5) is 4.45. The fourth-order valence-corrected chi connectivity index (χ4v) is 2.61. The molecule has 0 saturated carbocycles. The minimum absolute atomic E-state index is 0.199. The van der Waals surface area contributed by atoms with Crippen LogP contribution in [0.25, 0.3) is 0 Å². The molecule has 0 saturated heterocycles. The third-order valence-electron chi connectivity index (χ3n) is 2.56. The smallest absolute Gasteiger partial charge is 0.0944 e. The second-order valence-corrected chi connectivity index (χ2v) is 5.12. The topological polar surface area (TPSA) is 68.8 Å². The van der Waals surface area contributed by atoms with Crippen molar-refractivity contribution in [3.8, 4) is 0 Å². The van der Waals surface area contributed by atoms with Gasteiger partial charge in [-0.15, -0.1) is 11.3 Å². The summed E-state index contributed by atoms with van der Waals surface area (Å²) in [6.45, 7) is 2.01. The van der Waals surface area contributed by atoms with Crippen LogP contribution in [0.5, 0.6) is 0 Å². The molecule has 1 atom stereocenters. The van der Waals surface area contributed by atoms with E-state index in [1.54, 1.807) is 16.0 Å². The van der Waals surface area contributed by atoms with Crippen LogP contribution in [0, 0.1) is 6.92 Å². The number of nitrogens with zero attached hydrogens (tertiary/aromatic N) is 3. The van der Waals surface area contributed by atoms with Crippen LogP contribution in [0.15, 0.2) is 17.8 Å². The zero-order chi connectivity index (χ0) is 12.3. The summed E-state index contributed by atoms with van der Waals surface area (Å²) in [5, 5.41) is 7.33. The van der Waals surface area contributed by atoms with Gasteiger partial charge in [0.2, 0.25) is 0 Å². The van der Waals surface area contributed by atoms with Crippen molar-refractivity contribution in [2.24, 2.45) is 12.9 Å². The highest BCUT2D eigenvalue weighted by atomic mass is 32.1. The lowest BCUT2D eigenvalue weighted by Gasteiger charge is -2.12. The van der Waals surface area contributed by atoms with Crippen molar-refractivity contribution in [3.05, 3.63) is 34.0 Å². The Hall–Kier alpha value is -1.24. The Morgan fingerprint density at radius 3 is 2.88 bits per heavy atom. The van der Waals surface area contributed by atoms with Crippen molar-refractivity contribution in [1.82, 2.24) is 20.2 Å². The molecule has 2 heterocycles. The van der Waals surface area contributed by atoms with Crippen molar-refractivity contribution in [2.75, 3.05) is 0 Å². The first-order chi connectivity index (χ1) is 8.17. The molecule has 2 aromatic rings. The molecule has 0 amide bonds. The number of nitrogens with one attached hydrogen (secondary N) is 1. The Morgan fingerprint density at radius 1 is 1.53 bits per heavy atom. The fourth-order valence-electron chi connectivity index (χ4n) is 1.76. The van der Waals surface area contributed by atoms with Crippen LogP contribution in [-0.4, -0.2) is 20.8 Å². The van der Waals surface area contributed by atoms with Gasteiger partial charge in [0.05, 0.1) is 11.2 Å². The largest absolute Gasteiger partial charge is 0.276 e. The average molecular weight is 251 g/mol. The molecule has 0 fully saturated rings. The normalized spacial score (nSPS) is 12.9. The van der Waals surface area contributed by atoms with Gasteiger partial charge in [-0.3, -0.25) is 16.0 Å². The summed E-state index contributed by atoms with van der Waals surface area (Å²) >= 11 is 1.68. The maximum Gasteiger partial charge on any atom is 0.0944 e. The molecule has 1 unspecified atom stereocenters. The first kappa shape index (κ1) is 12.2. The summed E-state index contributed by atoms with van der Waals surface area (Å²) in [5.74, 6) is 5.58. The molecular weight excluding hydrogens is 234 g/mol. The third-order valence-corrected chi connectivity index (χ3v) is 3.55. The lowest BCUT2D eigenvalue weighted by molar-refractivity contribution is 0.521. The summed E-state index contributed by atoms with van der Waals surface area (Å²) < 4.78 is 1.80. The SMILES string of the molecule is Cc1csc(CC(Cc2cnn(C)c2)NN)n1. The van der Waals surface area contributed by atoms with E-state index in [0.717, 1.165) is 23.5 Å². The van der Waals surface area contributed by atoms with Crippen LogP contribution in [0.4, 0.5) is 0 Å². The van der Waals surface area contributed by atoms with E-state index in [-0.39, 0.29) is 6.04 Å². The molecule has 0 radical (unpaired) electrons. The maximum atomic E-state index is 5.58. The van der Waals surface area contributed by atoms with Gasteiger partial charge in [-0.1, -0.05) is 0 Å². The van der Waals surface area contributed by atoms with E-state index >= 15 is 0 Å². The van der Waals surface area contributed by atoms with Gasteiger partial charge in [-0.25, -0.2) is 4.98 Å².